The van der Waals surface area contributed by atoms with Crippen LogP contribution in [-0.2, 0) is 6.54 Å². The largest absolute Gasteiger partial charge is 0.325 e. The molecule has 0 aliphatic carbocycles. The molecule has 6 heteroatoms. The van der Waals surface area contributed by atoms with Crippen LogP contribution in [0.15, 0.2) is 36.8 Å². The molecule has 1 aromatic carbocycles. The highest BCUT2D eigenvalue weighted by atomic mass is 19.2. The van der Waals surface area contributed by atoms with Gasteiger partial charge in [0, 0.05) is 30.7 Å². The van der Waals surface area contributed by atoms with E-state index in [-0.39, 0.29) is 0 Å². The molecule has 0 fully saturated rings. The maximum absolute atomic E-state index is 13.2. The lowest BCUT2D eigenvalue weighted by Crippen LogP contribution is -1.95. The molecule has 4 nitrogen and oxygen atoms in total. The van der Waals surface area contributed by atoms with Gasteiger partial charge in [-0.05, 0) is 17.7 Å². The molecule has 3 rings (SSSR count). The molecule has 0 radical (unpaired) electrons. The van der Waals surface area contributed by atoms with E-state index in [1.54, 1.807) is 23.0 Å². The van der Waals surface area contributed by atoms with Gasteiger partial charge in [-0.1, -0.05) is 6.07 Å². The van der Waals surface area contributed by atoms with Crippen molar-refractivity contribution in [2.45, 2.75) is 6.54 Å². The molecule has 2 aromatic heterocycles. The maximum atomic E-state index is 13.2. The van der Waals surface area contributed by atoms with Gasteiger partial charge < -0.3 is 5.73 Å². The van der Waals surface area contributed by atoms with E-state index in [1.165, 1.54) is 6.07 Å². The van der Waals surface area contributed by atoms with Crippen molar-refractivity contribution in [2.24, 2.45) is 5.73 Å². The molecule has 0 saturated heterocycles. The lowest BCUT2D eigenvalue weighted by molar-refractivity contribution is 0.509. The summed E-state index contributed by atoms with van der Waals surface area (Å²) < 4.78 is 27.8. The summed E-state index contributed by atoms with van der Waals surface area (Å²) in [7, 11) is 0. The Balaban J connectivity index is 2.11. The van der Waals surface area contributed by atoms with Gasteiger partial charge in [0.15, 0.2) is 11.6 Å². The summed E-state index contributed by atoms with van der Waals surface area (Å²) in [5.74, 6) is -1.23. The first kappa shape index (κ1) is 11.7. The third kappa shape index (κ3) is 2.06. The Kier molecular flexibility index (Phi) is 2.72. The average molecular weight is 260 g/mol. The van der Waals surface area contributed by atoms with E-state index in [1.807, 2.05) is 0 Å². The van der Waals surface area contributed by atoms with Crippen LogP contribution in [-0.4, -0.2) is 14.4 Å². The second-order valence-electron chi connectivity index (χ2n) is 4.12. The van der Waals surface area contributed by atoms with E-state index in [9.17, 15) is 8.78 Å². The minimum Gasteiger partial charge on any atom is -0.325 e. The van der Waals surface area contributed by atoms with Crippen LogP contribution >= 0.6 is 0 Å². The first-order valence-corrected chi connectivity index (χ1v) is 5.66. The fraction of sp³-hybridized carbons (Fsp3) is 0.0769. The molecule has 19 heavy (non-hydrogen) atoms. The highest BCUT2D eigenvalue weighted by Crippen LogP contribution is 2.21. The number of halogens is 2. The van der Waals surface area contributed by atoms with Crippen LogP contribution in [0.5, 0.6) is 0 Å². The Hall–Kier alpha value is -2.34. The Bertz CT molecular complexity index is 751. The van der Waals surface area contributed by atoms with Crippen molar-refractivity contribution in [1.82, 2.24) is 14.4 Å². The molecule has 0 atom stereocenters. The fourth-order valence-corrected chi connectivity index (χ4v) is 1.86. The minimum atomic E-state index is -0.883. The number of hydrogen-bond donors (Lipinski definition) is 1. The van der Waals surface area contributed by atoms with Crippen molar-refractivity contribution in [3.8, 4) is 11.1 Å². The van der Waals surface area contributed by atoms with Crippen molar-refractivity contribution in [2.75, 3.05) is 0 Å². The molecule has 0 bridgehead atoms. The molecule has 0 spiro atoms. The van der Waals surface area contributed by atoms with Gasteiger partial charge in [-0.15, -0.1) is 0 Å². The molecule has 0 amide bonds. The topological polar surface area (TPSA) is 56.2 Å². The van der Waals surface area contributed by atoms with E-state index < -0.39 is 11.6 Å². The smallest absolute Gasteiger partial charge is 0.233 e. The normalized spacial score (nSPS) is 11.1. The predicted octanol–water partition coefficient (Wildman–Crippen LogP) is 2.13. The van der Waals surface area contributed by atoms with Gasteiger partial charge in [0.25, 0.3) is 0 Å². The molecule has 0 saturated carbocycles. The second kappa shape index (κ2) is 4.40. The van der Waals surface area contributed by atoms with Crippen molar-refractivity contribution in [3.63, 3.8) is 0 Å². The first-order chi connectivity index (χ1) is 9.17. The molecule has 3 aromatic rings. The third-order valence-electron chi connectivity index (χ3n) is 2.82. The van der Waals surface area contributed by atoms with Crippen LogP contribution in [0.3, 0.4) is 0 Å². The number of benzene rings is 1. The third-order valence-corrected chi connectivity index (χ3v) is 2.82. The van der Waals surface area contributed by atoms with Gasteiger partial charge >= 0.3 is 0 Å². The highest BCUT2D eigenvalue weighted by Gasteiger charge is 2.07. The number of rotatable bonds is 2. The maximum Gasteiger partial charge on any atom is 0.233 e. The molecule has 0 aliphatic rings. The minimum absolute atomic E-state index is 0.323. The van der Waals surface area contributed by atoms with Crippen molar-refractivity contribution >= 4 is 5.78 Å². The SMILES string of the molecule is NCc1cn2cc(-c3ccc(F)c(F)c3)cnc2n1. The quantitative estimate of drug-likeness (QED) is 0.768. The fourth-order valence-electron chi connectivity index (χ4n) is 1.86. The molecule has 0 aliphatic heterocycles. The van der Waals surface area contributed by atoms with Gasteiger partial charge in [-0.3, -0.25) is 4.40 Å². The first-order valence-electron chi connectivity index (χ1n) is 5.66. The van der Waals surface area contributed by atoms with E-state index in [4.69, 9.17) is 5.73 Å². The van der Waals surface area contributed by atoms with E-state index in [0.29, 0.717) is 23.4 Å². The summed E-state index contributed by atoms with van der Waals surface area (Å²) >= 11 is 0. The standard InChI is InChI=1S/C13H10F2N4/c14-11-2-1-8(3-12(11)15)9-5-17-13-18-10(4-16)7-19(13)6-9/h1-3,5-7H,4,16H2. The Morgan fingerprint density at radius 2 is 1.95 bits per heavy atom. The van der Waals surface area contributed by atoms with E-state index >= 15 is 0 Å². The summed E-state index contributed by atoms with van der Waals surface area (Å²) in [4.78, 5) is 8.35. The molecule has 0 unspecified atom stereocenters. The predicted molar refractivity (Wildman–Crippen MR) is 66.2 cm³/mol. The number of fused-ring (bicyclic) bond motifs is 1. The summed E-state index contributed by atoms with van der Waals surface area (Å²) in [5, 5.41) is 0. The van der Waals surface area contributed by atoms with Crippen LogP contribution in [0.1, 0.15) is 5.69 Å². The summed E-state index contributed by atoms with van der Waals surface area (Å²) in [6, 6.07) is 3.73. The zero-order chi connectivity index (χ0) is 13.4. The zero-order valence-corrected chi connectivity index (χ0v) is 9.85. The average Bonchev–Trinajstić information content (AvgIpc) is 2.83. The number of nitrogens with two attached hydrogens (primary N) is 1. The number of nitrogens with zero attached hydrogens (tertiary/aromatic N) is 3. The monoisotopic (exact) mass is 260 g/mol. The van der Waals surface area contributed by atoms with Gasteiger partial charge in [0.2, 0.25) is 5.78 Å². The highest BCUT2D eigenvalue weighted by molar-refractivity contribution is 5.62. The molecular weight excluding hydrogens is 250 g/mol. The Morgan fingerprint density at radius 1 is 1.11 bits per heavy atom. The Morgan fingerprint density at radius 3 is 2.68 bits per heavy atom. The van der Waals surface area contributed by atoms with Gasteiger partial charge in [-0.2, -0.15) is 0 Å². The van der Waals surface area contributed by atoms with Crippen LogP contribution in [0.2, 0.25) is 0 Å². The summed E-state index contributed by atoms with van der Waals surface area (Å²) in [6.07, 6.45) is 5.07. The van der Waals surface area contributed by atoms with Crippen LogP contribution in [0, 0.1) is 11.6 Å². The van der Waals surface area contributed by atoms with Crippen LogP contribution < -0.4 is 5.73 Å². The van der Waals surface area contributed by atoms with Crippen LogP contribution in [0.25, 0.3) is 16.9 Å². The van der Waals surface area contributed by atoms with Crippen molar-refractivity contribution in [1.29, 1.82) is 0 Å². The summed E-state index contributed by atoms with van der Waals surface area (Å²) in [5.41, 5.74) is 7.45. The number of hydrogen-bond acceptors (Lipinski definition) is 3. The zero-order valence-electron chi connectivity index (χ0n) is 9.85. The lowest BCUT2D eigenvalue weighted by Gasteiger charge is -2.02. The van der Waals surface area contributed by atoms with Gasteiger partial charge in [-0.25, -0.2) is 18.7 Å². The van der Waals surface area contributed by atoms with Gasteiger partial charge in [0.05, 0.1) is 5.69 Å². The van der Waals surface area contributed by atoms with Crippen molar-refractivity contribution < 1.29 is 8.78 Å². The summed E-state index contributed by atoms with van der Waals surface area (Å²) in [6.45, 7) is 0.323. The van der Waals surface area contributed by atoms with Crippen molar-refractivity contribution in [3.05, 3.63) is 54.1 Å². The second-order valence-corrected chi connectivity index (χ2v) is 4.12. The molecular formula is C13H10F2N4. The van der Waals surface area contributed by atoms with Crippen LogP contribution in [0.4, 0.5) is 8.78 Å². The van der Waals surface area contributed by atoms with E-state index in [2.05, 4.69) is 9.97 Å². The number of aromatic nitrogens is 3. The van der Waals surface area contributed by atoms with E-state index in [0.717, 1.165) is 17.8 Å². The number of imidazole rings is 1. The Labute approximate surface area is 107 Å². The lowest BCUT2D eigenvalue weighted by atomic mass is 10.1. The molecule has 2 heterocycles. The molecule has 96 valence electrons. The van der Waals surface area contributed by atoms with Gasteiger partial charge in [0.1, 0.15) is 0 Å². The molecule has 2 N–H and O–H groups in total.